The molecule has 2 aromatic rings. The van der Waals surface area contributed by atoms with Crippen LogP contribution in [-0.4, -0.2) is 12.5 Å². The first-order valence-electron chi connectivity index (χ1n) is 6.75. The average molecular weight is 281 g/mol. The predicted octanol–water partition coefficient (Wildman–Crippen LogP) is 3.07. The number of para-hydroxylation sites is 2. The molecular formula is C17H19N3O. The zero-order valence-corrected chi connectivity index (χ0v) is 11.8. The second-order valence-corrected chi connectivity index (χ2v) is 4.39. The van der Waals surface area contributed by atoms with Gasteiger partial charge in [0.15, 0.2) is 5.96 Å². The molecule has 2 rings (SSSR count). The number of hydrogen-bond donors (Lipinski definition) is 2. The maximum atomic E-state index is 5.88. The van der Waals surface area contributed by atoms with E-state index >= 15 is 0 Å². The van der Waals surface area contributed by atoms with E-state index in [2.05, 4.69) is 16.9 Å². The molecule has 108 valence electrons. The molecule has 21 heavy (non-hydrogen) atoms. The van der Waals surface area contributed by atoms with Crippen LogP contribution in [0.2, 0.25) is 0 Å². The molecule has 0 saturated heterocycles. The molecule has 0 atom stereocenters. The fraction of sp³-hybridized carbons (Fsp3) is 0.118. The van der Waals surface area contributed by atoms with Crippen LogP contribution >= 0.6 is 0 Å². The van der Waals surface area contributed by atoms with Gasteiger partial charge in [-0.2, -0.15) is 0 Å². The van der Waals surface area contributed by atoms with Gasteiger partial charge in [-0.25, -0.2) is 4.99 Å². The zero-order valence-electron chi connectivity index (χ0n) is 11.8. The normalized spacial score (nSPS) is 11.0. The second-order valence-electron chi connectivity index (χ2n) is 4.39. The lowest BCUT2D eigenvalue weighted by Gasteiger charge is -2.10. The van der Waals surface area contributed by atoms with Gasteiger partial charge in [-0.1, -0.05) is 42.5 Å². The lowest BCUT2D eigenvalue weighted by Crippen LogP contribution is -2.31. The van der Waals surface area contributed by atoms with Crippen molar-refractivity contribution in [3.8, 4) is 11.5 Å². The summed E-state index contributed by atoms with van der Waals surface area (Å²) in [7, 11) is 0. The van der Waals surface area contributed by atoms with Gasteiger partial charge in [0.05, 0.1) is 6.54 Å². The molecule has 0 aliphatic rings. The van der Waals surface area contributed by atoms with Crippen LogP contribution in [0.5, 0.6) is 11.5 Å². The van der Waals surface area contributed by atoms with Gasteiger partial charge in [0.25, 0.3) is 0 Å². The van der Waals surface area contributed by atoms with Gasteiger partial charge in [-0.15, -0.1) is 6.58 Å². The quantitative estimate of drug-likeness (QED) is 0.486. The van der Waals surface area contributed by atoms with Crippen molar-refractivity contribution in [2.75, 3.05) is 6.54 Å². The monoisotopic (exact) mass is 281 g/mol. The smallest absolute Gasteiger partial charge is 0.189 e. The number of hydrogen-bond acceptors (Lipinski definition) is 2. The first-order valence-corrected chi connectivity index (χ1v) is 6.75. The maximum Gasteiger partial charge on any atom is 0.189 e. The summed E-state index contributed by atoms with van der Waals surface area (Å²) >= 11 is 0. The first kappa shape index (κ1) is 14.7. The zero-order chi connectivity index (χ0) is 14.9. The number of nitrogens with one attached hydrogen (secondary N) is 1. The lowest BCUT2D eigenvalue weighted by atomic mass is 10.2. The van der Waals surface area contributed by atoms with E-state index in [0.717, 1.165) is 17.1 Å². The lowest BCUT2D eigenvalue weighted by molar-refractivity contribution is 0.476. The predicted molar refractivity (Wildman–Crippen MR) is 86.5 cm³/mol. The van der Waals surface area contributed by atoms with Gasteiger partial charge in [-0.05, 0) is 18.2 Å². The number of benzene rings is 2. The molecule has 2 aromatic carbocycles. The molecule has 4 nitrogen and oxygen atoms in total. The number of nitrogens with two attached hydrogens (primary N) is 1. The highest BCUT2D eigenvalue weighted by atomic mass is 16.5. The van der Waals surface area contributed by atoms with Crippen LogP contribution < -0.4 is 15.8 Å². The maximum absolute atomic E-state index is 5.88. The molecule has 0 aliphatic carbocycles. The summed E-state index contributed by atoms with van der Waals surface area (Å²) in [6.45, 7) is 4.67. The molecule has 0 amide bonds. The minimum Gasteiger partial charge on any atom is -0.457 e. The molecule has 3 N–H and O–H groups in total. The number of rotatable bonds is 6. The minimum atomic E-state index is 0.393. The third-order valence-electron chi connectivity index (χ3n) is 2.79. The van der Waals surface area contributed by atoms with Crippen molar-refractivity contribution in [2.45, 2.75) is 6.54 Å². The van der Waals surface area contributed by atoms with E-state index in [4.69, 9.17) is 10.5 Å². The summed E-state index contributed by atoms with van der Waals surface area (Å²) in [6.07, 6.45) is 1.73. The van der Waals surface area contributed by atoms with Crippen molar-refractivity contribution >= 4 is 5.96 Å². The van der Waals surface area contributed by atoms with E-state index in [0.29, 0.717) is 19.0 Å². The van der Waals surface area contributed by atoms with Crippen molar-refractivity contribution in [1.82, 2.24) is 5.32 Å². The van der Waals surface area contributed by atoms with E-state index in [-0.39, 0.29) is 0 Å². The largest absolute Gasteiger partial charge is 0.457 e. The fourth-order valence-corrected chi connectivity index (χ4v) is 1.75. The summed E-state index contributed by atoms with van der Waals surface area (Å²) in [6, 6.07) is 17.4. The molecule has 0 aromatic heterocycles. The Morgan fingerprint density at radius 3 is 2.62 bits per heavy atom. The van der Waals surface area contributed by atoms with E-state index in [1.54, 1.807) is 6.08 Å². The minimum absolute atomic E-state index is 0.393. The van der Waals surface area contributed by atoms with Crippen LogP contribution in [0.3, 0.4) is 0 Å². The molecule has 0 saturated carbocycles. The van der Waals surface area contributed by atoms with Gasteiger partial charge < -0.3 is 15.8 Å². The highest BCUT2D eigenvalue weighted by molar-refractivity contribution is 5.77. The average Bonchev–Trinajstić information content (AvgIpc) is 2.53. The van der Waals surface area contributed by atoms with E-state index < -0.39 is 0 Å². The Kier molecular flexibility index (Phi) is 5.41. The topological polar surface area (TPSA) is 59.6 Å². The molecule has 0 aliphatic heterocycles. The highest BCUT2D eigenvalue weighted by Crippen LogP contribution is 2.25. The Balaban J connectivity index is 2.08. The summed E-state index contributed by atoms with van der Waals surface area (Å²) in [5, 5.41) is 2.94. The van der Waals surface area contributed by atoms with Crippen LogP contribution in [0, 0.1) is 0 Å². The molecule has 0 unspecified atom stereocenters. The third kappa shape index (κ3) is 4.69. The van der Waals surface area contributed by atoms with E-state index in [1.807, 2.05) is 54.6 Å². The Hall–Kier alpha value is -2.75. The van der Waals surface area contributed by atoms with Crippen molar-refractivity contribution < 1.29 is 4.74 Å². The summed E-state index contributed by atoms with van der Waals surface area (Å²) in [4.78, 5) is 4.29. The van der Waals surface area contributed by atoms with Crippen LogP contribution in [-0.2, 0) is 6.54 Å². The third-order valence-corrected chi connectivity index (χ3v) is 2.79. The van der Waals surface area contributed by atoms with Gasteiger partial charge >= 0.3 is 0 Å². The Morgan fingerprint density at radius 1 is 1.14 bits per heavy atom. The van der Waals surface area contributed by atoms with Gasteiger partial charge in [0, 0.05) is 12.1 Å². The highest BCUT2D eigenvalue weighted by Gasteiger charge is 2.03. The summed E-state index contributed by atoms with van der Waals surface area (Å²) in [5.74, 6) is 1.97. The van der Waals surface area contributed by atoms with Crippen molar-refractivity contribution in [1.29, 1.82) is 0 Å². The van der Waals surface area contributed by atoms with Gasteiger partial charge in [-0.3, -0.25) is 0 Å². The van der Waals surface area contributed by atoms with E-state index in [1.165, 1.54) is 0 Å². The number of nitrogens with zero attached hydrogens (tertiary/aromatic N) is 1. The summed E-state index contributed by atoms with van der Waals surface area (Å²) in [5.41, 5.74) is 6.74. The first-order chi connectivity index (χ1) is 10.3. The van der Waals surface area contributed by atoms with Gasteiger partial charge in [0.2, 0.25) is 0 Å². The van der Waals surface area contributed by atoms with Crippen LogP contribution in [0.25, 0.3) is 0 Å². The number of guanidine groups is 1. The van der Waals surface area contributed by atoms with Crippen molar-refractivity contribution in [3.05, 3.63) is 72.8 Å². The number of aliphatic imine (C=N–C) groups is 1. The molecular weight excluding hydrogens is 262 g/mol. The van der Waals surface area contributed by atoms with Crippen LogP contribution in [0.4, 0.5) is 0 Å². The molecule has 0 fully saturated rings. The van der Waals surface area contributed by atoms with Crippen molar-refractivity contribution in [3.63, 3.8) is 0 Å². The Labute approximate surface area is 125 Å². The van der Waals surface area contributed by atoms with Gasteiger partial charge in [0.1, 0.15) is 11.5 Å². The molecule has 0 heterocycles. The van der Waals surface area contributed by atoms with E-state index in [9.17, 15) is 0 Å². The standard InChI is InChI=1S/C17H19N3O/c1-2-12-19-17(18)20-13-14-8-6-7-11-16(14)21-15-9-4-3-5-10-15/h2-11H,1,12-13H2,(H3,18,19,20). The second kappa shape index (κ2) is 7.75. The molecule has 0 bridgehead atoms. The van der Waals surface area contributed by atoms with Crippen molar-refractivity contribution in [2.24, 2.45) is 10.7 Å². The molecule has 4 heteroatoms. The molecule has 0 radical (unpaired) electrons. The SMILES string of the molecule is C=CCNC(N)=NCc1ccccc1Oc1ccccc1. The summed E-state index contributed by atoms with van der Waals surface area (Å²) < 4.78 is 5.88. The Morgan fingerprint density at radius 2 is 1.86 bits per heavy atom. The number of ether oxygens (including phenoxy) is 1. The Bertz CT molecular complexity index is 608. The molecule has 0 spiro atoms. The van der Waals surface area contributed by atoms with Crippen LogP contribution in [0.1, 0.15) is 5.56 Å². The fourth-order valence-electron chi connectivity index (χ4n) is 1.75. The van der Waals surface area contributed by atoms with Crippen LogP contribution in [0.15, 0.2) is 72.2 Å².